The van der Waals surface area contributed by atoms with Crippen LogP contribution >= 0.6 is 0 Å². The summed E-state index contributed by atoms with van der Waals surface area (Å²) in [6.07, 6.45) is 0.688. The zero-order valence-electron chi connectivity index (χ0n) is 14.7. The quantitative estimate of drug-likeness (QED) is 0.748. The van der Waals surface area contributed by atoms with Crippen molar-refractivity contribution in [1.29, 1.82) is 0 Å². The zero-order chi connectivity index (χ0) is 18.0. The lowest BCUT2D eigenvalue weighted by atomic mass is 10.0. The summed E-state index contributed by atoms with van der Waals surface area (Å²) in [4.78, 5) is 27.4. The number of carbonyl (C=O) groups excluding carboxylic acids is 1. The lowest BCUT2D eigenvalue weighted by molar-refractivity contribution is -0.121. The van der Waals surface area contributed by atoms with E-state index in [1.807, 2.05) is 44.2 Å². The number of aromatic nitrogens is 3. The maximum atomic E-state index is 12.4. The highest BCUT2D eigenvalue weighted by Crippen LogP contribution is 2.21. The lowest BCUT2D eigenvalue weighted by Gasteiger charge is -2.08. The van der Waals surface area contributed by atoms with Crippen molar-refractivity contribution in [3.63, 3.8) is 0 Å². The Morgan fingerprint density at radius 3 is 2.68 bits per heavy atom. The largest absolute Gasteiger partial charge is 0.352 e. The second-order valence-corrected chi connectivity index (χ2v) is 6.25. The number of benzene rings is 1. The van der Waals surface area contributed by atoms with Gasteiger partial charge < -0.3 is 10.3 Å². The Kier molecular flexibility index (Phi) is 4.70. The van der Waals surface area contributed by atoms with E-state index in [1.54, 1.807) is 11.7 Å². The highest BCUT2D eigenvalue weighted by Gasteiger charge is 2.15. The fourth-order valence-corrected chi connectivity index (χ4v) is 3.18. The lowest BCUT2D eigenvalue weighted by Crippen LogP contribution is -2.24. The van der Waals surface area contributed by atoms with E-state index < -0.39 is 0 Å². The van der Waals surface area contributed by atoms with E-state index in [0.717, 1.165) is 27.9 Å². The number of hydrogen-bond donors (Lipinski definition) is 2. The Labute approximate surface area is 145 Å². The van der Waals surface area contributed by atoms with Gasteiger partial charge in [0, 0.05) is 31.0 Å². The van der Waals surface area contributed by atoms with Gasteiger partial charge >= 0.3 is 0 Å². The number of amides is 1. The smallest absolute Gasteiger partial charge is 0.253 e. The van der Waals surface area contributed by atoms with Crippen LogP contribution in [-0.4, -0.2) is 20.7 Å². The average molecular weight is 338 g/mol. The summed E-state index contributed by atoms with van der Waals surface area (Å²) in [5, 5.41) is 8.21. The SMILES string of the molecule is Cc1nn(C)c2[nH]c(=O)c(CCC(=O)NCc3ccccc3)c(C)c12. The molecule has 2 N–H and O–H groups in total. The van der Waals surface area contributed by atoms with E-state index in [4.69, 9.17) is 0 Å². The molecule has 0 bridgehead atoms. The molecule has 0 fully saturated rings. The number of hydrogen-bond acceptors (Lipinski definition) is 3. The molecule has 6 heteroatoms. The van der Waals surface area contributed by atoms with Crippen LogP contribution in [-0.2, 0) is 24.8 Å². The second-order valence-electron chi connectivity index (χ2n) is 6.25. The molecule has 25 heavy (non-hydrogen) atoms. The average Bonchev–Trinajstić information content (AvgIpc) is 2.87. The molecule has 0 spiro atoms. The minimum Gasteiger partial charge on any atom is -0.352 e. The van der Waals surface area contributed by atoms with Gasteiger partial charge in [-0.2, -0.15) is 5.10 Å². The molecule has 0 aliphatic heterocycles. The van der Waals surface area contributed by atoms with Crippen LogP contribution in [0.3, 0.4) is 0 Å². The molecule has 6 nitrogen and oxygen atoms in total. The first-order valence-corrected chi connectivity index (χ1v) is 8.33. The topological polar surface area (TPSA) is 79.8 Å². The van der Waals surface area contributed by atoms with Crippen LogP contribution in [0.1, 0.15) is 28.8 Å². The van der Waals surface area contributed by atoms with E-state index in [2.05, 4.69) is 15.4 Å². The molecule has 2 heterocycles. The van der Waals surface area contributed by atoms with Crippen LogP contribution in [0.15, 0.2) is 35.1 Å². The van der Waals surface area contributed by atoms with Gasteiger partial charge in [0.1, 0.15) is 5.65 Å². The van der Waals surface area contributed by atoms with Crippen molar-refractivity contribution in [1.82, 2.24) is 20.1 Å². The number of fused-ring (bicyclic) bond motifs is 1. The molecule has 0 aliphatic rings. The molecule has 0 atom stereocenters. The Balaban J connectivity index is 1.72. The maximum absolute atomic E-state index is 12.4. The third-order valence-corrected chi connectivity index (χ3v) is 4.49. The number of H-pyrrole nitrogens is 1. The molecule has 0 aliphatic carbocycles. The Morgan fingerprint density at radius 2 is 1.96 bits per heavy atom. The molecule has 130 valence electrons. The number of carbonyl (C=O) groups is 1. The van der Waals surface area contributed by atoms with Gasteiger partial charge in [-0.1, -0.05) is 30.3 Å². The summed E-state index contributed by atoms with van der Waals surface area (Å²) in [7, 11) is 1.81. The van der Waals surface area contributed by atoms with Crippen molar-refractivity contribution in [2.45, 2.75) is 33.2 Å². The van der Waals surface area contributed by atoms with Gasteiger partial charge in [0.05, 0.1) is 5.69 Å². The maximum Gasteiger partial charge on any atom is 0.253 e. The summed E-state index contributed by atoms with van der Waals surface area (Å²) >= 11 is 0. The molecule has 1 aromatic carbocycles. The normalized spacial score (nSPS) is 11.0. The third-order valence-electron chi connectivity index (χ3n) is 4.49. The molecule has 1 amide bonds. The second kappa shape index (κ2) is 6.93. The third kappa shape index (κ3) is 3.47. The summed E-state index contributed by atoms with van der Waals surface area (Å²) < 4.78 is 1.68. The molecule has 0 unspecified atom stereocenters. The first kappa shape index (κ1) is 17.0. The summed E-state index contributed by atoms with van der Waals surface area (Å²) in [5.74, 6) is -0.0642. The zero-order valence-corrected chi connectivity index (χ0v) is 14.7. The van der Waals surface area contributed by atoms with Gasteiger partial charge in [-0.3, -0.25) is 14.3 Å². The molecule has 2 aromatic heterocycles. The van der Waals surface area contributed by atoms with Crippen molar-refractivity contribution in [2.24, 2.45) is 7.05 Å². The molecule has 3 aromatic rings. The number of nitrogens with zero attached hydrogens (tertiary/aromatic N) is 2. The summed E-state index contributed by atoms with van der Waals surface area (Å²) in [6.45, 7) is 4.34. The number of aromatic amines is 1. The predicted molar refractivity (Wildman–Crippen MR) is 97.4 cm³/mol. The monoisotopic (exact) mass is 338 g/mol. The van der Waals surface area contributed by atoms with E-state index in [1.165, 1.54) is 0 Å². The van der Waals surface area contributed by atoms with Crippen LogP contribution in [0.4, 0.5) is 0 Å². The van der Waals surface area contributed by atoms with Crippen molar-refractivity contribution >= 4 is 16.9 Å². The minimum absolute atomic E-state index is 0.0642. The van der Waals surface area contributed by atoms with E-state index in [-0.39, 0.29) is 17.9 Å². The first-order valence-electron chi connectivity index (χ1n) is 8.33. The van der Waals surface area contributed by atoms with Gasteiger partial charge in [0.15, 0.2) is 0 Å². The Morgan fingerprint density at radius 1 is 1.24 bits per heavy atom. The van der Waals surface area contributed by atoms with Crippen LogP contribution in [0.2, 0.25) is 0 Å². The van der Waals surface area contributed by atoms with Crippen molar-refractivity contribution in [2.75, 3.05) is 0 Å². The highest BCUT2D eigenvalue weighted by molar-refractivity contribution is 5.83. The summed E-state index contributed by atoms with van der Waals surface area (Å²) in [5.41, 5.74) is 4.05. The van der Waals surface area contributed by atoms with Gasteiger partial charge in [0.25, 0.3) is 5.56 Å². The number of pyridine rings is 1. The fourth-order valence-electron chi connectivity index (χ4n) is 3.18. The van der Waals surface area contributed by atoms with Crippen LogP contribution in [0.5, 0.6) is 0 Å². The van der Waals surface area contributed by atoms with Crippen molar-refractivity contribution in [3.05, 3.63) is 63.1 Å². The van der Waals surface area contributed by atoms with Gasteiger partial charge in [-0.05, 0) is 31.4 Å². The van der Waals surface area contributed by atoms with Crippen LogP contribution in [0, 0.1) is 13.8 Å². The number of rotatable bonds is 5. The number of aryl methyl sites for hydroxylation is 3. The molecule has 0 saturated carbocycles. The molecular formula is C19H22N4O2. The molecule has 0 saturated heterocycles. The highest BCUT2D eigenvalue weighted by atomic mass is 16.1. The standard InChI is InChI=1S/C19H22N4O2/c1-12-15(19(25)21-18-17(12)13(2)22-23(18)3)9-10-16(24)20-11-14-7-5-4-6-8-14/h4-8H,9-11H2,1-3H3,(H,20,24)(H,21,25). The van der Waals surface area contributed by atoms with Gasteiger partial charge in [0.2, 0.25) is 5.91 Å². The predicted octanol–water partition coefficient (Wildman–Crippen LogP) is 2.13. The van der Waals surface area contributed by atoms with Crippen LogP contribution < -0.4 is 10.9 Å². The van der Waals surface area contributed by atoms with Crippen molar-refractivity contribution < 1.29 is 4.79 Å². The van der Waals surface area contributed by atoms with Crippen LogP contribution in [0.25, 0.3) is 11.0 Å². The molecular weight excluding hydrogens is 316 g/mol. The van der Waals surface area contributed by atoms with E-state index in [0.29, 0.717) is 18.5 Å². The molecule has 3 rings (SSSR count). The van der Waals surface area contributed by atoms with Gasteiger partial charge in [-0.25, -0.2) is 0 Å². The molecule has 0 radical (unpaired) electrons. The van der Waals surface area contributed by atoms with Gasteiger partial charge in [-0.15, -0.1) is 0 Å². The first-order chi connectivity index (χ1) is 12.0. The van der Waals surface area contributed by atoms with Crippen molar-refractivity contribution in [3.8, 4) is 0 Å². The van der Waals surface area contributed by atoms with E-state index in [9.17, 15) is 9.59 Å². The summed E-state index contributed by atoms with van der Waals surface area (Å²) in [6, 6.07) is 9.76. The fraction of sp³-hybridized carbons (Fsp3) is 0.316. The Hall–Kier alpha value is -2.89. The minimum atomic E-state index is -0.149. The Bertz CT molecular complexity index is 970. The number of nitrogens with one attached hydrogen (secondary N) is 2. The van der Waals surface area contributed by atoms with E-state index >= 15 is 0 Å².